The van der Waals surface area contributed by atoms with Gasteiger partial charge in [-0.15, -0.1) is 0 Å². The second-order valence-corrected chi connectivity index (χ2v) is 7.09. The Kier molecular flexibility index (Phi) is 5.25. The number of carbonyl (C=O) groups is 2. The Morgan fingerprint density at radius 3 is 2.55 bits per heavy atom. The molecule has 7 heteroatoms. The Balaban J connectivity index is 1.90. The van der Waals surface area contributed by atoms with Crippen LogP contribution in [0, 0.1) is 6.92 Å². The quantitative estimate of drug-likeness (QED) is 0.363. The van der Waals surface area contributed by atoms with Crippen molar-refractivity contribution in [1.29, 1.82) is 0 Å². The van der Waals surface area contributed by atoms with Crippen LogP contribution in [0.25, 0.3) is 5.76 Å². The van der Waals surface area contributed by atoms with Gasteiger partial charge in [0.05, 0.1) is 24.1 Å². The number of hydrogen-bond donors (Lipinski definition) is 2. The van der Waals surface area contributed by atoms with Crippen molar-refractivity contribution in [2.45, 2.75) is 19.9 Å². The van der Waals surface area contributed by atoms with Crippen molar-refractivity contribution in [3.63, 3.8) is 0 Å². The van der Waals surface area contributed by atoms with Crippen molar-refractivity contribution < 1.29 is 29.0 Å². The van der Waals surface area contributed by atoms with Crippen LogP contribution in [-0.2, 0) is 9.59 Å². The molecule has 2 N–H and O–H groups in total. The Labute approximate surface area is 178 Å². The van der Waals surface area contributed by atoms with E-state index in [1.807, 2.05) is 13.8 Å². The van der Waals surface area contributed by atoms with E-state index in [0.29, 0.717) is 17.9 Å². The molecule has 31 heavy (non-hydrogen) atoms. The summed E-state index contributed by atoms with van der Waals surface area (Å²) in [5.41, 5.74) is 1.17. The van der Waals surface area contributed by atoms with E-state index >= 15 is 0 Å². The van der Waals surface area contributed by atoms with Crippen LogP contribution in [0.3, 0.4) is 0 Å². The molecule has 1 atom stereocenters. The number of amides is 1. The molecule has 0 spiro atoms. The summed E-state index contributed by atoms with van der Waals surface area (Å²) in [6.45, 7) is 4.19. The summed E-state index contributed by atoms with van der Waals surface area (Å²) >= 11 is 0. The molecule has 0 radical (unpaired) electrons. The lowest BCUT2D eigenvalue weighted by molar-refractivity contribution is -0.132. The molecule has 1 unspecified atom stereocenters. The maximum absolute atomic E-state index is 13.0. The Morgan fingerprint density at radius 2 is 1.90 bits per heavy atom. The molecule has 2 heterocycles. The van der Waals surface area contributed by atoms with Crippen LogP contribution in [-0.4, -0.2) is 28.5 Å². The molecule has 1 fully saturated rings. The second kappa shape index (κ2) is 8.02. The first-order chi connectivity index (χ1) is 14.9. The fraction of sp³-hybridized carbons (Fsp3) is 0.167. The molecule has 0 aliphatic carbocycles. The van der Waals surface area contributed by atoms with E-state index in [9.17, 15) is 19.8 Å². The first-order valence-electron chi connectivity index (χ1n) is 9.80. The predicted octanol–water partition coefficient (Wildman–Crippen LogP) is 4.32. The average molecular weight is 419 g/mol. The molecule has 7 nitrogen and oxygen atoms in total. The van der Waals surface area contributed by atoms with E-state index in [1.54, 1.807) is 42.5 Å². The average Bonchev–Trinajstić information content (AvgIpc) is 3.37. The zero-order valence-corrected chi connectivity index (χ0v) is 17.0. The van der Waals surface area contributed by atoms with Gasteiger partial charge in [0.2, 0.25) is 0 Å². The molecule has 1 aliphatic rings. The van der Waals surface area contributed by atoms with Gasteiger partial charge in [0.15, 0.2) is 0 Å². The van der Waals surface area contributed by atoms with Gasteiger partial charge >= 0.3 is 0 Å². The zero-order chi connectivity index (χ0) is 22.1. The molecule has 158 valence electrons. The third kappa shape index (κ3) is 3.44. The number of benzene rings is 2. The lowest BCUT2D eigenvalue weighted by atomic mass is 9.98. The normalized spacial score (nSPS) is 17.9. The molecule has 2 aromatic carbocycles. The van der Waals surface area contributed by atoms with Gasteiger partial charge < -0.3 is 19.4 Å². The Hall–Kier alpha value is -4.00. The van der Waals surface area contributed by atoms with Crippen LogP contribution in [0.15, 0.2) is 70.9 Å². The minimum atomic E-state index is -1.03. The monoisotopic (exact) mass is 419 g/mol. The molecule has 1 aromatic heterocycles. The Bertz CT molecular complexity index is 1180. The number of hydrogen-bond acceptors (Lipinski definition) is 6. The van der Waals surface area contributed by atoms with Gasteiger partial charge in [0.25, 0.3) is 11.7 Å². The molecule has 0 saturated carbocycles. The minimum absolute atomic E-state index is 0.119. The van der Waals surface area contributed by atoms with E-state index in [-0.39, 0.29) is 28.5 Å². The van der Waals surface area contributed by atoms with Crippen molar-refractivity contribution in [3.8, 4) is 11.5 Å². The summed E-state index contributed by atoms with van der Waals surface area (Å²) in [5, 5.41) is 21.4. The summed E-state index contributed by atoms with van der Waals surface area (Å²) < 4.78 is 11.0. The van der Waals surface area contributed by atoms with Gasteiger partial charge in [0.1, 0.15) is 29.1 Å². The van der Waals surface area contributed by atoms with Crippen molar-refractivity contribution in [3.05, 3.63) is 83.3 Å². The molecule has 1 amide bonds. The van der Waals surface area contributed by atoms with E-state index in [1.165, 1.54) is 18.4 Å². The van der Waals surface area contributed by atoms with E-state index in [2.05, 4.69) is 0 Å². The summed E-state index contributed by atoms with van der Waals surface area (Å²) in [4.78, 5) is 27.1. The number of aromatic hydroxyl groups is 1. The fourth-order valence-corrected chi connectivity index (χ4v) is 3.73. The van der Waals surface area contributed by atoms with Gasteiger partial charge in [-0.3, -0.25) is 14.5 Å². The standard InChI is InChI=1S/C24H21NO6/c1-3-30-18-11-10-15(13-14(18)2)22(27)20-21(19-9-6-12-31-19)25(24(29)23(20)28)16-7-4-5-8-17(16)26/h4-13,21,26-27H,3H2,1-2H3/b22-20-. The maximum Gasteiger partial charge on any atom is 0.300 e. The summed E-state index contributed by atoms with van der Waals surface area (Å²) in [5.74, 6) is -1.29. The lowest BCUT2D eigenvalue weighted by Gasteiger charge is -2.24. The van der Waals surface area contributed by atoms with Gasteiger partial charge in [-0.25, -0.2) is 0 Å². The number of carbonyl (C=O) groups excluding carboxylic acids is 2. The molecule has 1 saturated heterocycles. The van der Waals surface area contributed by atoms with Crippen molar-refractivity contribution >= 4 is 23.1 Å². The summed E-state index contributed by atoms with van der Waals surface area (Å²) in [7, 11) is 0. The molecule has 3 aromatic rings. The van der Waals surface area contributed by atoms with Crippen molar-refractivity contribution in [1.82, 2.24) is 0 Å². The van der Waals surface area contributed by atoms with Crippen LogP contribution in [0.4, 0.5) is 5.69 Å². The molecule has 0 bridgehead atoms. The smallest absolute Gasteiger partial charge is 0.300 e. The van der Waals surface area contributed by atoms with Crippen molar-refractivity contribution in [2.75, 3.05) is 11.5 Å². The van der Waals surface area contributed by atoms with Gasteiger partial charge in [-0.05, 0) is 61.9 Å². The number of Topliss-reactive ketones (excluding diaryl/α,β-unsaturated/α-hetero) is 1. The largest absolute Gasteiger partial charge is 0.507 e. The van der Waals surface area contributed by atoms with E-state index in [0.717, 1.165) is 10.5 Å². The van der Waals surface area contributed by atoms with Crippen molar-refractivity contribution in [2.24, 2.45) is 0 Å². The van der Waals surface area contributed by atoms with Gasteiger partial charge in [-0.2, -0.15) is 0 Å². The highest BCUT2D eigenvalue weighted by molar-refractivity contribution is 6.51. The highest BCUT2D eigenvalue weighted by Crippen LogP contribution is 2.44. The number of para-hydroxylation sites is 2. The third-order valence-corrected chi connectivity index (χ3v) is 5.15. The fourth-order valence-electron chi connectivity index (χ4n) is 3.73. The van der Waals surface area contributed by atoms with Crippen LogP contribution in [0.5, 0.6) is 11.5 Å². The first-order valence-corrected chi connectivity index (χ1v) is 9.80. The topological polar surface area (TPSA) is 100 Å². The maximum atomic E-state index is 13.0. The molecular formula is C24H21NO6. The number of aryl methyl sites for hydroxylation is 1. The number of furan rings is 1. The van der Waals surface area contributed by atoms with Gasteiger partial charge in [-0.1, -0.05) is 12.1 Å². The van der Waals surface area contributed by atoms with Gasteiger partial charge in [0, 0.05) is 5.56 Å². The predicted molar refractivity (Wildman–Crippen MR) is 114 cm³/mol. The second-order valence-electron chi connectivity index (χ2n) is 7.09. The van der Waals surface area contributed by atoms with Crippen LogP contribution in [0.1, 0.15) is 29.9 Å². The first kappa shape index (κ1) is 20.3. The SMILES string of the molecule is CCOc1ccc(/C(O)=C2/C(=O)C(=O)N(c3ccccc3O)C2c2ccco2)cc1C. The number of ether oxygens (including phenoxy) is 1. The molecule has 4 rings (SSSR count). The number of phenolic OH excluding ortho intramolecular Hbond substituents is 1. The molecular weight excluding hydrogens is 398 g/mol. The highest BCUT2D eigenvalue weighted by Gasteiger charge is 2.49. The number of ketones is 1. The number of phenols is 1. The zero-order valence-electron chi connectivity index (χ0n) is 17.0. The number of anilines is 1. The summed E-state index contributed by atoms with van der Waals surface area (Å²) in [6.07, 6.45) is 1.42. The molecule has 1 aliphatic heterocycles. The Morgan fingerprint density at radius 1 is 1.13 bits per heavy atom. The minimum Gasteiger partial charge on any atom is -0.507 e. The van der Waals surface area contributed by atoms with E-state index in [4.69, 9.17) is 9.15 Å². The van der Waals surface area contributed by atoms with Crippen LogP contribution in [0.2, 0.25) is 0 Å². The lowest BCUT2D eigenvalue weighted by Crippen LogP contribution is -2.29. The van der Waals surface area contributed by atoms with Crippen LogP contribution >= 0.6 is 0 Å². The highest BCUT2D eigenvalue weighted by atomic mass is 16.5. The van der Waals surface area contributed by atoms with Crippen LogP contribution < -0.4 is 9.64 Å². The number of aliphatic hydroxyl groups is 1. The number of nitrogens with zero attached hydrogens (tertiary/aromatic N) is 1. The number of aliphatic hydroxyl groups excluding tert-OH is 1. The summed E-state index contributed by atoms with van der Waals surface area (Å²) in [6, 6.07) is 13.4. The van der Waals surface area contributed by atoms with E-state index < -0.39 is 17.7 Å². The third-order valence-electron chi connectivity index (χ3n) is 5.15. The number of rotatable bonds is 5.